The molecule has 2 N–H and O–H groups in total. The molecule has 2 fully saturated rings. The summed E-state index contributed by atoms with van der Waals surface area (Å²) in [6.07, 6.45) is 0.565. The Morgan fingerprint density at radius 3 is 2.56 bits per heavy atom. The first kappa shape index (κ1) is 17.4. The number of alkyl halides is 1. The van der Waals surface area contributed by atoms with E-state index in [9.17, 15) is 19.5 Å². The van der Waals surface area contributed by atoms with Crippen molar-refractivity contribution in [2.24, 2.45) is 5.92 Å². The Morgan fingerprint density at radius 2 is 2.00 bits per heavy atom. The predicted molar refractivity (Wildman–Crippen MR) is 86.6 cm³/mol. The van der Waals surface area contributed by atoms with Crippen molar-refractivity contribution < 1.29 is 29.3 Å². The summed E-state index contributed by atoms with van der Waals surface area (Å²) < 4.78 is 5.60. The number of rotatable bonds is 6. The van der Waals surface area contributed by atoms with E-state index >= 15 is 0 Å². The van der Waals surface area contributed by atoms with E-state index < -0.39 is 47.8 Å². The Hall–Kier alpha value is -2.38. The number of ether oxygens (including phenoxy) is 1. The summed E-state index contributed by atoms with van der Waals surface area (Å²) in [6, 6.07) is 9.22. The molecule has 0 spiro atoms. The van der Waals surface area contributed by atoms with E-state index in [4.69, 9.17) is 21.4 Å². The molecule has 3 rings (SSSR count). The zero-order valence-corrected chi connectivity index (χ0v) is 13.8. The summed E-state index contributed by atoms with van der Waals surface area (Å²) in [6.45, 7) is -0.530. The molecule has 2 heterocycles. The summed E-state index contributed by atoms with van der Waals surface area (Å²) in [7, 11) is 0. The van der Waals surface area contributed by atoms with Crippen LogP contribution in [-0.4, -0.2) is 57.0 Å². The third kappa shape index (κ3) is 2.42. The van der Waals surface area contributed by atoms with Crippen LogP contribution < -0.4 is 0 Å². The van der Waals surface area contributed by atoms with Crippen molar-refractivity contribution in [1.82, 2.24) is 4.90 Å². The van der Waals surface area contributed by atoms with E-state index in [1.165, 1.54) is 0 Å². The molecule has 3 atom stereocenters. The van der Waals surface area contributed by atoms with E-state index in [1.807, 2.05) is 30.3 Å². The number of carbonyl (C=O) groups is 3. The number of aliphatic hydroxyl groups excluding tert-OH is 1. The van der Waals surface area contributed by atoms with Crippen molar-refractivity contribution in [2.75, 3.05) is 12.5 Å². The summed E-state index contributed by atoms with van der Waals surface area (Å²) in [5.74, 6) is -4.38. The van der Waals surface area contributed by atoms with Crippen LogP contribution in [0.25, 0.3) is 0 Å². The van der Waals surface area contributed by atoms with Crippen molar-refractivity contribution in [1.29, 1.82) is 0 Å². The molecule has 8 heteroatoms. The zero-order valence-electron chi connectivity index (χ0n) is 13.1. The Labute approximate surface area is 148 Å². The van der Waals surface area contributed by atoms with Crippen LogP contribution in [0.1, 0.15) is 5.56 Å². The van der Waals surface area contributed by atoms with Crippen LogP contribution in [0.2, 0.25) is 0 Å². The van der Waals surface area contributed by atoms with Gasteiger partial charge in [0.25, 0.3) is 5.54 Å². The number of aliphatic carboxylic acids is 1. The number of benzene rings is 1. The Kier molecular flexibility index (Phi) is 4.53. The highest BCUT2D eigenvalue weighted by molar-refractivity contribution is 6.33. The van der Waals surface area contributed by atoms with Gasteiger partial charge >= 0.3 is 5.97 Å². The van der Waals surface area contributed by atoms with Gasteiger partial charge in [0, 0.05) is 0 Å². The molecular weight excluding hydrogens is 350 g/mol. The molecule has 2 aliphatic heterocycles. The van der Waals surface area contributed by atoms with Crippen LogP contribution in [0, 0.1) is 5.92 Å². The summed E-state index contributed by atoms with van der Waals surface area (Å²) in [5, 5.41) is 18.9. The molecule has 1 amide bonds. The van der Waals surface area contributed by atoms with Gasteiger partial charge in [-0.2, -0.15) is 0 Å². The van der Waals surface area contributed by atoms with Crippen LogP contribution >= 0.6 is 11.6 Å². The summed E-state index contributed by atoms with van der Waals surface area (Å²) in [4.78, 5) is 37.8. The smallest absolute Gasteiger partial charge is 0.345 e. The molecule has 2 aliphatic rings. The standard InChI is InChI=1S/C17H16ClNO6/c18-9-12(21)17(16(23)24)13(6-7-20)25-15-11(14(22)19(15)17)8-10-4-2-1-3-5-10/h1-6,11,15,20H,7-9H2,(H,23,24)/b13-6-/t11?,15-,17+/m1/s1. The molecular formula is C17H16ClNO6. The minimum atomic E-state index is -2.31. The van der Waals surface area contributed by atoms with Crippen molar-refractivity contribution in [3.63, 3.8) is 0 Å². The molecule has 132 valence electrons. The fourth-order valence-electron chi connectivity index (χ4n) is 3.38. The Balaban J connectivity index is 1.97. The van der Waals surface area contributed by atoms with Gasteiger partial charge < -0.3 is 14.9 Å². The maximum Gasteiger partial charge on any atom is 0.345 e. The second-order valence-electron chi connectivity index (χ2n) is 5.84. The highest BCUT2D eigenvalue weighted by atomic mass is 35.5. The number of amides is 1. The number of carboxylic acids is 1. The fourth-order valence-corrected chi connectivity index (χ4v) is 3.57. The summed E-state index contributed by atoms with van der Waals surface area (Å²) in [5.41, 5.74) is -1.41. The van der Waals surface area contributed by atoms with Crippen LogP contribution in [0.3, 0.4) is 0 Å². The summed E-state index contributed by atoms with van der Waals surface area (Å²) >= 11 is 5.59. The fraction of sp³-hybridized carbons (Fsp3) is 0.353. The van der Waals surface area contributed by atoms with Gasteiger partial charge in [-0.3, -0.25) is 14.5 Å². The number of fused-ring (bicyclic) bond motifs is 1. The average Bonchev–Trinajstić information content (AvgIpc) is 2.92. The van der Waals surface area contributed by atoms with E-state index in [2.05, 4.69) is 0 Å². The largest absolute Gasteiger partial charge is 0.479 e. The molecule has 1 aromatic carbocycles. The number of β-lactam (4-membered cyclic amide) rings is 1. The molecule has 0 radical (unpaired) electrons. The number of ketones is 1. The second-order valence-corrected chi connectivity index (χ2v) is 6.10. The van der Waals surface area contributed by atoms with E-state index in [-0.39, 0.29) is 5.76 Å². The monoisotopic (exact) mass is 365 g/mol. The van der Waals surface area contributed by atoms with Crippen molar-refractivity contribution in [3.8, 4) is 0 Å². The van der Waals surface area contributed by atoms with Crippen molar-refractivity contribution >= 4 is 29.3 Å². The zero-order chi connectivity index (χ0) is 18.2. The minimum absolute atomic E-state index is 0.262. The van der Waals surface area contributed by atoms with E-state index in [0.717, 1.165) is 16.5 Å². The number of hydrogen-bond acceptors (Lipinski definition) is 5. The second kappa shape index (κ2) is 6.50. The first-order chi connectivity index (χ1) is 12.0. The molecule has 0 bridgehead atoms. The molecule has 1 aromatic rings. The van der Waals surface area contributed by atoms with E-state index in [0.29, 0.717) is 6.42 Å². The maximum absolute atomic E-state index is 12.6. The number of halogens is 1. The molecule has 2 saturated heterocycles. The average molecular weight is 366 g/mol. The number of carbonyl (C=O) groups excluding carboxylic acids is 2. The molecule has 0 aromatic heterocycles. The van der Waals surface area contributed by atoms with E-state index in [1.54, 1.807) is 0 Å². The van der Waals surface area contributed by atoms with Gasteiger partial charge in [-0.1, -0.05) is 30.3 Å². The first-order valence-electron chi connectivity index (χ1n) is 7.66. The van der Waals surface area contributed by atoms with Crippen molar-refractivity contribution in [2.45, 2.75) is 18.2 Å². The lowest BCUT2D eigenvalue weighted by Crippen LogP contribution is -2.71. The molecule has 0 saturated carbocycles. The number of nitrogens with zero attached hydrogens (tertiary/aromatic N) is 1. The van der Waals surface area contributed by atoms with Crippen LogP contribution in [0.5, 0.6) is 0 Å². The third-order valence-corrected chi connectivity index (χ3v) is 4.77. The van der Waals surface area contributed by atoms with Gasteiger partial charge in [0.1, 0.15) is 5.76 Å². The van der Waals surface area contributed by atoms with Crippen molar-refractivity contribution in [3.05, 3.63) is 47.7 Å². The first-order valence-corrected chi connectivity index (χ1v) is 8.19. The highest BCUT2D eigenvalue weighted by Crippen LogP contribution is 2.48. The van der Waals surface area contributed by atoms with Crippen LogP contribution in [0.15, 0.2) is 42.2 Å². The minimum Gasteiger partial charge on any atom is -0.479 e. The Morgan fingerprint density at radius 1 is 1.32 bits per heavy atom. The van der Waals surface area contributed by atoms with Gasteiger partial charge in [0.15, 0.2) is 12.0 Å². The van der Waals surface area contributed by atoms with Crippen LogP contribution in [-0.2, 0) is 25.5 Å². The molecule has 0 aliphatic carbocycles. The quantitative estimate of drug-likeness (QED) is 0.433. The van der Waals surface area contributed by atoms with Gasteiger partial charge in [-0.25, -0.2) is 4.79 Å². The lowest BCUT2D eigenvalue weighted by atomic mass is 9.82. The van der Waals surface area contributed by atoms with Crippen LogP contribution in [0.4, 0.5) is 0 Å². The number of Topliss-reactive ketones (excluding diaryl/α,β-unsaturated/α-hetero) is 1. The number of aliphatic hydroxyl groups is 1. The molecule has 1 unspecified atom stereocenters. The highest BCUT2D eigenvalue weighted by Gasteiger charge is 2.71. The Bertz CT molecular complexity index is 749. The SMILES string of the molecule is O=C1C(Cc2ccccc2)[C@H]2O/C(=C\CO)[C@](C(=O)O)(C(=O)CCl)N12. The number of carboxylic acid groups (broad SMARTS) is 1. The maximum atomic E-state index is 12.6. The third-order valence-electron chi connectivity index (χ3n) is 4.53. The molecule has 7 nitrogen and oxygen atoms in total. The lowest BCUT2D eigenvalue weighted by molar-refractivity contribution is -0.184. The van der Waals surface area contributed by atoms with Gasteiger partial charge in [0.05, 0.1) is 18.4 Å². The molecule has 25 heavy (non-hydrogen) atoms. The predicted octanol–water partition coefficient (Wildman–Crippen LogP) is 0.551. The van der Waals surface area contributed by atoms with Gasteiger partial charge in [-0.15, -0.1) is 11.6 Å². The lowest BCUT2D eigenvalue weighted by Gasteiger charge is -2.45. The topological polar surface area (TPSA) is 104 Å². The number of hydrogen-bond donors (Lipinski definition) is 2. The van der Waals surface area contributed by atoms with Gasteiger partial charge in [-0.05, 0) is 18.1 Å². The van der Waals surface area contributed by atoms with Gasteiger partial charge in [0.2, 0.25) is 5.91 Å². The normalized spacial score (nSPS) is 29.1.